The molecule has 1 aromatic heterocycles. The van der Waals surface area contributed by atoms with Crippen LogP contribution in [0.15, 0.2) is 23.0 Å². The number of carboxylic acid groups (broad SMARTS) is 1. The highest BCUT2D eigenvalue weighted by Crippen LogP contribution is 2.38. The van der Waals surface area contributed by atoms with Crippen molar-refractivity contribution in [3.63, 3.8) is 0 Å². The lowest BCUT2D eigenvalue weighted by Crippen LogP contribution is -2.34. The first-order valence-corrected chi connectivity index (χ1v) is 8.43. The largest absolute Gasteiger partial charge is 0.481 e. The van der Waals surface area contributed by atoms with Crippen LogP contribution >= 0.6 is 0 Å². The van der Waals surface area contributed by atoms with Crippen LogP contribution in [0.25, 0.3) is 11.0 Å². The molecule has 1 aliphatic rings. The molecule has 7 nitrogen and oxygen atoms in total. The Morgan fingerprint density at radius 3 is 2.52 bits per heavy atom. The molecule has 3 N–H and O–H groups in total. The minimum atomic E-state index is -4.65. The summed E-state index contributed by atoms with van der Waals surface area (Å²) in [5, 5.41) is 8.99. The molecule has 0 bridgehead atoms. The van der Waals surface area contributed by atoms with Gasteiger partial charge in [-0.25, -0.2) is 4.79 Å². The van der Waals surface area contributed by atoms with Crippen molar-refractivity contribution in [1.29, 1.82) is 0 Å². The number of hydrogen-bond donors (Lipinski definition) is 3. The molecule has 1 aliphatic heterocycles. The van der Waals surface area contributed by atoms with E-state index in [1.165, 1.54) is 0 Å². The molecule has 2 atom stereocenters. The van der Waals surface area contributed by atoms with Crippen LogP contribution in [-0.4, -0.2) is 51.1 Å². The van der Waals surface area contributed by atoms with Crippen molar-refractivity contribution >= 4 is 22.9 Å². The molecule has 0 unspecified atom stereocenters. The van der Waals surface area contributed by atoms with Gasteiger partial charge in [0.15, 0.2) is 0 Å². The zero-order valence-corrected chi connectivity index (χ0v) is 14.2. The van der Waals surface area contributed by atoms with Gasteiger partial charge in [0.25, 0.3) is 0 Å². The van der Waals surface area contributed by atoms with E-state index < -0.39 is 43.0 Å². The summed E-state index contributed by atoms with van der Waals surface area (Å²) in [7, 11) is 0. The van der Waals surface area contributed by atoms with Crippen LogP contribution < -0.4 is 5.69 Å². The maximum Gasteiger partial charge on any atom is 0.394 e. The molecule has 27 heavy (non-hydrogen) atoms. The van der Waals surface area contributed by atoms with E-state index in [2.05, 4.69) is 9.97 Å². The number of aromatic nitrogens is 2. The van der Waals surface area contributed by atoms with Gasteiger partial charge in [-0.05, 0) is 30.5 Å². The maximum absolute atomic E-state index is 13.0. The van der Waals surface area contributed by atoms with Gasteiger partial charge in [-0.15, -0.1) is 0 Å². The lowest BCUT2D eigenvalue weighted by Gasteiger charge is -2.18. The number of amides is 1. The molecule has 146 valence electrons. The van der Waals surface area contributed by atoms with Gasteiger partial charge in [0.2, 0.25) is 5.91 Å². The molecule has 0 aliphatic carbocycles. The number of nitrogens with zero attached hydrogens (tertiary/aromatic N) is 1. The number of aliphatic carboxylic acids is 1. The van der Waals surface area contributed by atoms with Gasteiger partial charge in [-0.3, -0.25) is 9.59 Å². The first-order chi connectivity index (χ1) is 12.6. The van der Waals surface area contributed by atoms with Crippen LogP contribution in [0, 0.1) is 11.8 Å². The minimum Gasteiger partial charge on any atom is -0.481 e. The maximum atomic E-state index is 13.0. The van der Waals surface area contributed by atoms with E-state index in [1.807, 2.05) is 0 Å². The number of nitrogens with one attached hydrogen (secondary N) is 2. The second-order valence-electron chi connectivity index (χ2n) is 6.70. The number of imidazole rings is 1. The number of rotatable bonds is 5. The Bertz CT molecular complexity index is 918. The highest BCUT2D eigenvalue weighted by Gasteiger charge is 2.53. The lowest BCUT2D eigenvalue weighted by atomic mass is 9.96. The molecule has 1 saturated heterocycles. The second kappa shape index (κ2) is 7.09. The Morgan fingerprint density at radius 1 is 1.19 bits per heavy atom. The van der Waals surface area contributed by atoms with Gasteiger partial charge in [0, 0.05) is 19.5 Å². The first-order valence-electron chi connectivity index (χ1n) is 8.43. The molecule has 3 rings (SSSR count). The first kappa shape index (κ1) is 19.0. The number of H-pyrrole nitrogens is 2. The number of aromatic amines is 2. The topological polar surface area (TPSA) is 106 Å². The fraction of sp³-hybridized carbons (Fsp3) is 0.471. The van der Waals surface area contributed by atoms with Crippen molar-refractivity contribution in [3.05, 3.63) is 34.2 Å². The molecule has 1 fully saturated rings. The zero-order chi connectivity index (χ0) is 19.8. The normalized spacial score (nSPS) is 20.3. The number of halogens is 3. The van der Waals surface area contributed by atoms with Gasteiger partial charge in [-0.1, -0.05) is 6.07 Å². The van der Waals surface area contributed by atoms with Crippen LogP contribution in [-0.2, 0) is 16.0 Å². The van der Waals surface area contributed by atoms with Crippen LogP contribution in [0.2, 0.25) is 0 Å². The van der Waals surface area contributed by atoms with E-state index in [0.29, 0.717) is 23.9 Å². The number of likely N-dealkylation sites (tertiary alicyclic amines) is 1. The summed E-state index contributed by atoms with van der Waals surface area (Å²) >= 11 is 0. The number of alkyl halides is 3. The fourth-order valence-corrected chi connectivity index (χ4v) is 3.43. The molecule has 1 amide bonds. The smallest absolute Gasteiger partial charge is 0.394 e. The summed E-state index contributed by atoms with van der Waals surface area (Å²) in [6.07, 6.45) is -3.71. The molecule has 0 radical (unpaired) electrons. The molecular formula is C17H18F3N3O4. The Hall–Kier alpha value is -2.78. The molecule has 10 heteroatoms. The summed E-state index contributed by atoms with van der Waals surface area (Å²) in [6, 6.07) is 5.30. The number of aryl methyl sites for hydroxylation is 1. The third-order valence-corrected chi connectivity index (χ3v) is 4.85. The van der Waals surface area contributed by atoms with Crippen molar-refractivity contribution in [1.82, 2.24) is 14.9 Å². The van der Waals surface area contributed by atoms with Crippen LogP contribution in [0.1, 0.15) is 18.4 Å². The third-order valence-electron chi connectivity index (χ3n) is 4.85. The number of carbonyl (C=O) groups is 2. The number of benzene rings is 1. The Kier molecular flexibility index (Phi) is 4.99. The SMILES string of the molecule is O=C(O)[C@@H]1CN(C(=O)CCCc2ccc3[nH]c(=O)[nH]c3c2)C[C@H]1C(F)(F)F. The van der Waals surface area contributed by atoms with Crippen molar-refractivity contribution in [3.8, 4) is 0 Å². The van der Waals surface area contributed by atoms with E-state index in [4.69, 9.17) is 5.11 Å². The van der Waals surface area contributed by atoms with E-state index >= 15 is 0 Å². The van der Waals surface area contributed by atoms with Crippen LogP contribution in [0.3, 0.4) is 0 Å². The Morgan fingerprint density at radius 2 is 1.89 bits per heavy atom. The van der Waals surface area contributed by atoms with Crippen LogP contribution in [0.5, 0.6) is 0 Å². The monoisotopic (exact) mass is 385 g/mol. The number of carbonyl (C=O) groups excluding carboxylic acids is 1. The predicted octanol–water partition coefficient (Wildman–Crippen LogP) is 1.90. The summed E-state index contributed by atoms with van der Waals surface area (Å²) in [5.41, 5.74) is 1.86. The number of fused-ring (bicyclic) bond motifs is 1. The van der Waals surface area contributed by atoms with E-state index in [1.54, 1.807) is 18.2 Å². The lowest BCUT2D eigenvalue weighted by molar-refractivity contribution is -0.188. The highest BCUT2D eigenvalue weighted by atomic mass is 19.4. The van der Waals surface area contributed by atoms with E-state index in [0.717, 1.165) is 10.5 Å². The minimum absolute atomic E-state index is 0.0264. The third kappa shape index (κ3) is 4.15. The van der Waals surface area contributed by atoms with E-state index in [-0.39, 0.29) is 12.1 Å². The zero-order valence-electron chi connectivity index (χ0n) is 14.2. The Balaban J connectivity index is 1.57. The predicted molar refractivity (Wildman–Crippen MR) is 89.1 cm³/mol. The molecule has 0 spiro atoms. The standard InChI is InChI=1S/C17H18F3N3O4/c18-17(19,20)11-8-23(7-10(11)15(25)26)14(24)3-1-2-9-4-5-12-13(6-9)22-16(27)21-12/h4-6,10-11H,1-3,7-8H2,(H,25,26)(H2,21,22,27)/t10-,11-/m1/s1. The summed E-state index contributed by atoms with van der Waals surface area (Å²) in [6.45, 7) is -1.04. The summed E-state index contributed by atoms with van der Waals surface area (Å²) < 4.78 is 38.9. The van der Waals surface area contributed by atoms with Gasteiger partial charge in [0.1, 0.15) is 0 Å². The van der Waals surface area contributed by atoms with E-state index in [9.17, 15) is 27.6 Å². The quantitative estimate of drug-likeness (QED) is 0.731. The average molecular weight is 385 g/mol. The Labute approximate surface area is 151 Å². The fourth-order valence-electron chi connectivity index (χ4n) is 3.43. The van der Waals surface area contributed by atoms with Crippen molar-refractivity contribution in [2.24, 2.45) is 11.8 Å². The van der Waals surface area contributed by atoms with Crippen LogP contribution in [0.4, 0.5) is 13.2 Å². The molecule has 0 saturated carbocycles. The van der Waals surface area contributed by atoms with Crippen molar-refractivity contribution in [2.75, 3.05) is 13.1 Å². The second-order valence-corrected chi connectivity index (χ2v) is 6.70. The van der Waals surface area contributed by atoms with Gasteiger partial charge < -0.3 is 20.0 Å². The number of carboxylic acids is 1. The molecule has 2 aromatic rings. The highest BCUT2D eigenvalue weighted by molar-refractivity contribution is 5.79. The number of hydrogen-bond acceptors (Lipinski definition) is 3. The van der Waals surface area contributed by atoms with Gasteiger partial charge in [-0.2, -0.15) is 13.2 Å². The van der Waals surface area contributed by atoms with Crippen molar-refractivity contribution in [2.45, 2.75) is 25.4 Å². The average Bonchev–Trinajstić information content (AvgIpc) is 3.16. The van der Waals surface area contributed by atoms with Gasteiger partial charge >= 0.3 is 17.8 Å². The molecule has 1 aromatic carbocycles. The summed E-state index contributed by atoms with van der Waals surface area (Å²) in [5.74, 6) is -5.68. The van der Waals surface area contributed by atoms with Crippen molar-refractivity contribution < 1.29 is 27.9 Å². The molecular weight excluding hydrogens is 367 g/mol. The summed E-state index contributed by atoms with van der Waals surface area (Å²) in [4.78, 5) is 40.7. The van der Waals surface area contributed by atoms with Gasteiger partial charge in [0.05, 0.1) is 22.9 Å². The molecule has 2 heterocycles.